The third kappa shape index (κ3) is 4.89. The molecule has 4 heterocycles. The molecule has 36 heavy (non-hydrogen) atoms. The number of piperidine rings is 1. The zero-order valence-electron chi connectivity index (χ0n) is 19.8. The number of oxime groups is 1. The average molecular weight is 511 g/mol. The number of amides is 2. The minimum atomic E-state index is -0.213. The number of fused-ring (bicyclic) bond motifs is 2. The monoisotopic (exact) mass is 510 g/mol. The molecule has 1 fully saturated rings. The largest absolute Gasteiger partial charge is 0.454 e. The van der Waals surface area contributed by atoms with Gasteiger partial charge in [0, 0.05) is 30.6 Å². The highest BCUT2D eigenvalue weighted by Crippen LogP contribution is 2.34. The number of hydrogen-bond donors (Lipinski definition) is 2. The molecular formula is C24H26N6O5S. The van der Waals surface area contributed by atoms with E-state index in [4.69, 9.17) is 20.0 Å². The number of nitrogens with zero attached hydrogens (tertiary/aromatic N) is 4. The van der Waals surface area contributed by atoms with E-state index >= 15 is 0 Å². The lowest BCUT2D eigenvalue weighted by molar-refractivity contribution is -0.137. The molecule has 1 aromatic carbocycles. The first-order valence-electron chi connectivity index (χ1n) is 11.8. The number of carbonyl (C=O) groups is 2. The van der Waals surface area contributed by atoms with Crippen LogP contribution in [0.1, 0.15) is 47.1 Å². The number of nitrogens with two attached hydrogens (primary N) is 1. The second kappa shape index (κ2) is 10.4. The van der Waals surface area contributed by atoms with Gasteiger partial charge in [0.25, 0.3) is 11.8 Å². The molecule has 2 aliphatic rings. The molecule has 2 aliphatic heterocycles. The summed E-state index contributed by atoms with van der Waals surface area (Å²) >= 11 is 1.21. The van der Waals surface area contributed by atoms with Crippen LogP contribution in [0.25, 0.3) is 10.2 Å². The highest BCUT2D eigenvalue weighted by Gasteiger charge is 2.23. The molecule has 0 saturated carbocycles. The normalized spacial score (nSPS) is 15.2. The Labute approximate surface area is 211 Å². The van der Waals surface area contributed by atoms with Crippen molar-refractivity contribution in [2.45, 2.75) is 26.2 Å². The third-order valence-corrected chi connectivity index (χ3v) is 6.92. The van der Waals surface area contributed by atoms with Crippen LogP contribution in [0, 0.1) is 0 Å². The standard InChI is InChI=1S/C24H26N6O5S/c1-2-26-22(32)18-11-15-21(27-24(25)28-23(15)36-18)20(14-6-7-16-17(10-14)34-13-33-16)29-35-12-19(31)30-8-4-3-5-9-30/h6-7,10-11H,2-5,8-9,12-13H2,1H3,(H,26,32)(H2,25,27,28)/b29-20+. The molecule has 0 bridgehead atoms. The van der Waals surface area contributed by atoms with Gasteiger partial charge in [-0.1, -0.05) is 5.16 Å². The number of anilines is 1. The summed E-state index contributed by atoms with van der Waals surface area (Å²) < 4.78 is 11.0. The Bertz CT molecular complexity index is 1330. The van der Waals surface area contributed by atoms with Gasteiger partial charge in [0.2, 0.25) is 12.7 Å². The molecule has 188 valence electrons. The van der Waals surface area contributed by atoms with E-state index in [0.717, 1.165) is 32.4 Å². The Morgan fingerprint density at radius 3 is 2.78 bits per heavy atom. The summed E-state index contributed by atoms with van der Waals surface area (Å²) in [6, 6.07) is 7.03. The molecule has 2 amide bonds. The van der Waals surface area contributed by atoms with Gasteiger partial charge in [-0.2, -0.15) is 0 Å². The Morgan fingerprint density at radius 2 is 1.97 bits per heavy atom. The predicted octanol–water partition coefficient (Wildman–Crippen LogP) is 2.53. The molecular weight excluding hydrogens is 484 g/mol. The Hall–Kier alpha value is -3.93. The molecule has 0 aliphatic carbocycles. The summed E-state index contributed by atoms with van der Waals surface area (Å²) in [5.41, 5.74) is 7.37. The highest BCUT2D eigenvalue weighted by atomic mass is 32.1. The van der Waals surface area contributed by atoms with Crippen molar-refractivity contribution < 1.29 is 23.9 Å². The SMILES string of the molecule is CCNC(=O)c1cc2c(/C(=N/OCC(=O)N3CCCCC3)c3ccc4c(c3)OCO4)nc(N)nc2s1. The van der Waals surface area contributed by atoms with Crippen LogP contribution in [0.2, 0.25) is 0 Å². The first-order valence-corrected chi connectivity index (χ1v) is 12.6. The van der Waals surface area contributed by atoms with E-state index in [9.17, 15) is 9.59 Å². The van der Waals surface area contributed by atoms with Crippen LogP contribution in [-0.2, 0) is 9.63 Å². The Balaban J connectivity index is 1.53. The van der Waals surface area contributed by atoms with Crippen LogP contribution in [0.15, 0.2) is 29.4 Å². The lowest BCUT2D eigenvalue weighted by Crippen LogP contribution is -2.37. The molecule has 0 atom stereocenters. The molecule has 0 unspecified atom stereocenters. The van der Waals surface area contributed by atoms with Crippen LogP contribution >= 0.6 is 11.3 Å². The van der Waals surface area contributed by atoms with Crippen LogP contribution < -0.4 is 20.5 Å². The zero-order chi connectivity index (χ0) is 25.1. The molecule has 11 nitrogen and oxygen atoms in total. The topological polar surface area (TPSA) is 141 Å². The van der Waals surface area contributed by atoms with E-state index in [-0.39, 0.29) is 31.2 Å². The third-order valence-electron chi connectivity index (χ3n) is 5.89. The van der Waals surface area contributed by atoms with Crippen molar-refractivity contribution in [3.63, 3.8) is 0 Å². The van der Waals surface area contributed by atoms with Crippen molar-refractivity contribution in [3.8, 4) is 11.5 Å². The number of rotatable bonds is 7. The Kier molecular flexibility index (Phi) is 6.85. The van der Waals surface area contributed by atoms with Gasteiger partial charge in [-0.05, 0) is 50.5 Å². The van der Waals surface area contributed by atoms with Gasteiger partial charge in [-0.15, -0.1) is 11.3 Å². The first kappa shape index (κ1) is 23.8. The minimum absolute atomic E-state index is 0.0274. The number of carbonyl (C=O) groups excluding carboxylic acids is 2. The number of aromatic nitrogens is 2. The summed E-state index contributed by atoms with van der Waals surface area (Å²) in [4.78, 5) is 42.2. The zero-order valence-corrected chi connectivity index (χ0v) is 20.6. The molecule has 3 N–H and O–H groups in total. The summed E-state index contributed by atoms with van der Waals surface area (Å²) in [6.45, 7) is 3.71. The van der Waals surface area contributed by atoms with Crippen molar-refractivity contribution in [1.29, 1.82) is 0 Å². The van der Waals surface area contributed by atoms with Gasteiger partial charge in [0.05, 0.1) is 4.88 Å². The summed E-state index contributed by atoms with van der Waals surface area (Å²) in [5.74, 6) is 0.858. The van der Waals surface area contributed by atoms with Crippen LogP contribution in [-0.4, -0.2) is 65.4 Å². The van der Waals surface area contributed by atoms with E-state index in [2.05, 4.69) is 20.4 Å². The lowest BCUT2D eigenvalue weighted by Gasteiger charge is -2.26. The second-order valence-corrected chi connectivity index (χ2v) is 9.37. The fraction of sp³-hybridized carbons (Fsp3) is 0.375. The minimum Gasteiger partial charge on any atom is -0.454 e. The van der Waals surface area contributed by atoms with E-state index in [1.54, 1.807) is 29.2 Å². The smallest absolute Gasteiger partial charge is 0.263 e. The van der Waals surface area contributed by atoms with Gasteiger partial charge in [0.15, 0.2) is 18.1 Å². The van der Waals surface area contributed by atoms with Gasteiger partial charge >= 0.3 is 0 Å². The van der Waals surface area contributed by atoms with Gasteiger partial charge in [0.1, 0.15) is 16.2 Å². The van der Waals surface area contributed by atoms with Crippen molar-refractivity contribution in [2.75, 3.05) is 38.8 Å². The van der Waals surface area contributed by atoms with E-state index < -0.39 is 0 Å². The van der Waals surface area contributed by atoms with E-state index in [1.165, 1.54) is 11.3 Å². The molecule has 3 aromatic rings. The van der Waals surface area contributed by atoms with Crippen molar-refractivity contribution in [3.05, 3.63) is 40.4 Å². The second-order valence-electron chi connectivity index (χ2n) is 8.34. The van der Waals surface area contributed by atoms with Crippen LogP contribution in [0.3, 0.4) is 0 Å². The Morgan fingerprint density at radius 1 is 1.17 bits per heavy atom. The van der Waals surface area contributed by atoms with Crippen LogP contribution in [0.4, 0.5) is 5.95 Å². The number of thiophene rings is 1. The molecule has 5 rings (SSSR count). The van der Waals surface area contributed by atoms with Crippen molar-refractivity contribution in [2.24, 2.45) is 5.16 Å². The number of nitrogen functional groups attached to an aromatic ring is 1. The number of nitrogens with one attached hydrogen (secondary N) is 1. The van der Waals surface area contributed by atoms with Crippen molar-refractivity contribution >= 4 is 45.0 Å². The fourth-order valence-electron chi connectivity index (χ4n) is 4.14. The van der Waals surface area contributed by atoms with E-state index in [0.29, 0.717) is 50.1 Å². The molecule has 12 heteroatoms. The quantitative estimate of drug-likeness (QED) is 0.365. The predicted molar refractivity (Wildman–Crippen MR) is 134 cm³/mol. The summed E-state index contributed by atoms with van der Waals surface area (Å²) in [5, 5.41) is 7.72. The number of hydrogen-bond acceptors (Lipinski definition) is 10. The number of likely N-dealkylation sites (tertiary alicyclic amines) is 1. The average Bonchev–Trinajstić information content (AvgIpc) is 3.53. The maximum atomic E-state index is 12.6. The maximum absolute atomic E-state index is 12.6. The van der Waals surface area contributed by atoms with Gasteiger partial charge in [-0.25, -0.2) is 9.97 Å². The molecule has 1 saturated heterocycles. The molecule has 0 spiro atoms. The van der Waals surface area contributed by atoms with Gasteiger partial charge < -0.3 is 30.3 Å². The van der Waals surface area contributed by atoms with E-state index in [1.807, 2.05) is 6.92 Å². The fourth-order valence-corrected chi connectivity index (χ4v) is 5.10. The number of ether oxygens (including phenoxy) is 2. The summed E-state index contributed by atoms with van der Waals surface area (Å²) in [6.07, 6.45) is 3.10. The molecule has 2 aromatic heterocycles. The maximum Gasteiger partial charge on any atom is 0.263 e. The van der Waals surface area contributed by atoms with Crippen molar-refractivity contribution in [1.82, 2.24) is 20.2 Å². The lowest BCUT2D eigenvalue weighted by atomic mass is 10.0. The highest BCUT2D eigenvalue weighted by molar-refractivity contribution is 7.20. The number of benzene rings is 1. The van der Waals surface area contributed by atoms with Gasteiger partial charge in [-0.3, -0.25) is 9.59 Å². The first-order chi connectivity index (χ1) is 17.5. The molecule has 0 radical (unpaired) electrons. The van der Waals surface area contributed by atoms with Crippen LogP contribution in [0.5, 0.6) is 11.5 Å². The summed E-state index contributed by atoms with van der Waals surface area (Å²) in [7, 11) is 0.